The van der Waals surface area contributed by atoms with E-state index in [9.17, 15) is 24.3 Å². The molecule has 41 heavy (non-hydrogen) atoms. The molecule has 0 aromatic heterocycles. The van der Waals surface area contributed by atoms with Gasteiger partial charge in [-0.25, -0.2) is 9.68 Å². The number of carboxylic acids is 1. The zero-order valence-corrected chi connectivity index (χ0v) is 26.8. The second kappa shape index (κ2) is 15.3. The fourth-order valence-electron chi connectivity index (χ4n) is 4.81. The summed E-state index contributed by atoms with van der Waals surface area (Å²) in [6.45, 7) is 11.3. The Morgan fingerprint density at radius 3 is 1.93 bits per heavy atom. The van der Waals surface area contributed by atoms with Crippen LogP contribution in [-0.4, -0.2) is 70.6 Å². The number of hydrogen-bond acceptors (Lipinski definition) is 8. The first kappa shape index (κ1) is 34.2. The Kier molecular flexibility index (Phi) is 12.7. The molecule has 224 valence electrons. The number of aromatic carboxylic acids is 1. The molecule has 0 aliphatic heterocycles. The van der Waals surface area contributed by atoms with Crippen LogP contribution in [0.2, 0.25) is 38.3 Å². The molecule has 2 aromatic rings. The van der Waals surface area contributed by atoms with Gasteiger partial charge in [0, 0.05) is 28.8 Å². The molecular weight excluding hydrogens is 560 g/mol. The zero-order valence-electron chi connectivity index (χ0n) is 24.8. The fourth-order valence-corrected chi connectivity index (χ4v) is 13.7. The lowest BCUT2D eigenvalue weighted by Gasteiger charge is -2.34. The lowest BCUT2D eigenvalue weighted by atomic mass is 9.94. The Balaban J connectivity index is 2.13. The standard InChI is InChI=1S/C29H42N2O8Si2/c1-20(32)25-17-22(11-12-24(25)29(35)36)27(33)21-9-10-23(19-38-37)26(18-21)28(34)31-14-8-16-41(5,6)39-40(3,4)15-7-13-30-2/h9-12,17-18,30,37H,7-8,13-16,19H2,1-6H3,(H,31,34)(H,35,36). The van der Waals surface area contributed by atoms with Crippen molar-refractivity contribution in [1.29, 1.82) is 0 Å². The van der Waals surface area contributed by atoms with Gasteiger partial charge in [0.1, 0.15) is 6.61 Å². The molecule has 4 N–H and O–H groups in total. The Morgan fingerprint density at radius 2 is 1.39 bits per heavy atom. The largest absolute Gasteiger partial charge is 0.478 e. The van der Waals surface area contributed by atoms with Crippen molar-refractivity contribution < 1.29 is 38.5 Å². The van der Waals surface area contributed by atoms with Crippen molar-refractivity contribution in [2.24, 2.45) is 0 Å². The topological polar surface area (TPSA) is 151 Å². The van der Waals surface area contributed by atoms with Crippen molar-refractivity contribution in [2.45, 2.75) is 64.6 Å². The second-order valence-electron chi connectivity index (χ2n) is 11.3. The van der Waals surface area contributed by atoms with E-state index >= 15 is 0 Å². The summed E-state index contributed by atoms with van der Waals surface area (Å²) in [6, 6.07) is 10.2. The van der Waals surface area contributed by atoms with Gasteiger partial charge in [-0.15, -0.1) is 0 Å². The van der Waals surface area contributed by atoms with E-state index in [1.165, 1.54) is 43.3 Å². The number of nitrogens with one attached hydrogen (secondary N) is 2. The molecule has 0 heterocycles. The first-order chi connectivity index (χ1) is 19.2. The second-order valence-corrected chi connectivity index (χ2v) is 20.1. The average molecular weight is 603 g/mol. The van der Waals surface area contributed by atoms with Crippen molar-refractivity contribution in [3.63, 3.8) is 0 Å². The van der Waals surface area contributed by atoms with E-state index in [-0.39, 0.29) is 34.4 Å². The summed E-state index contributed by atoms with van der Waals surface area (Å²) in [5.74, 6) is -2.65. The van der Waals surface area contributed by atoms with Crippen molar-refractivity contribution in [2.75, 3.05) is 20.1 Å². The van der Waals surface area contributed by atoms with Gasteiger partial charge in [-0.2, -0.15) is 0 Å². The maximum Gasteiger partial charge on any atom is 0.336 e. The number of hydrogen-bond donors (Lipinski definition) is 4. The van der Waals surface area contributed by atoms with Crippen LogP contribution in [-0.2, 0) is 15.6 Å². The Morgan fingerprint density at radius 1 is 0.829 bits per heavy atom. The van der Waals surface area contributed by atoms with Gasteiger partial charge in [0.2, 0.25) is 0 Å². The van der Waals surface area contributed by atoms with Crippen molar-refractivity contribution >= 4 is 40.1 Å². The first-order valence-corrected chi connectivity index (χ1v) is 19.9. The van der Waals surface area contributed by atoms with Crippen LogP contribution in [0.15, 0.2) is 36.4 Å². The van der Waals surface area contributed by atoms with Crippen LogP contribution < -0.4 is 10.6 Å². The van der Waals surface area contributed by atoms with Gasteiger partial charge in [-0.1, -0.05) is 18.2 Å². The highest BCUT2D eigenvalue weighted by Crippen LogP contribution is 2.24. The zero-order chi connectivity index (χ0) is 30.8. The molecule has 0 fully saturated rings. The molecule has 12 heteroatoms. The molecule has 0 radical (unpaired) electrons. The number of carboxylic acid groups (broad SMARTS) is 1. The molecule has 0 spiro atoms. The van der Waals surface area contributed by atoms with Crippen LogP contribution in [0.4, 0.5) is 0 Å². The number of rotatable bonds is 17. The molecule has 0 unspecified atom stereocenters. The van der Waals surface area contributed by atoms with Gasteiger partial charge in [-0.05, 0) is 95.4 Å². The Hall–Kier alpha value is -3.01. The normalized spacial score (nSPS) is 11.8. The summed E-state index contributed by atoms with van der Waals surface area (Å²) in [5, 5.41) is 24.4. The number of ketones is 2. The molecule has 2 rings (SSSR count). The molecule has 0 atom stereocenters. The predicted octanol–water partition coefficient (Wildman–Crippen LogP) is 4.96. The van der Waals surface area contributed by atoms with E-state index in [2.05, 4.69) is 41.7 Å². The highest BCUT2D eigenvalue weighted by Gasteiger charge is 2.32. The number of amides is 1. The van der Waals surface area contributed by atoms with Crippen LogP contribution in [0.3, 0.4) is 0 Å². The third kappa shape index (κ3) is 10.4. The third-order valence-electron chi connectivity index (χ3n) is 6.73. The molecule has 0 aliphatic rings. The molecule has 10 nitrogen and oxygen atoms in total. The molecular formula is C29H42N2O8Si2. The van der Waals surface area contributed by atoms with E-state index in [1.54, 1.807) is 0 Å². The summed E-state index contributed by atoms with van der Waals surface area (Å²) >= 11 is 0. The quantitative estimate of drug-likeness (QED) is 0.0647. The molecule has 0 bridgehead atoms. The van der Waals surface area contributed by atoms with Gasteiger partial charge >= 0.3 is 5.97 Å². The number of carbonyl (C=O) groups excluding carboxylic acids is 3. The smallest absolute Gasteiger partial charge is 0.336 e. The van der Waals surface area contributed by atoms with E-state index in [0.717, 1.165) is 31.5 Å². The highest BCUT2D eigenvalue weighted by molar-refractivity contribution is 6.84. The van der Waals surface area contributed by atoms with Crippen LogP contribution >= 0.6 is 0 Å². The molecule has 2 aromatic carbocycles. The van der Waals surface area contributed by atoms with E-state index in [0.29, 0.717) is 12.1 Å². The van der Waals surface area contributed by atoms with Gasteiger partial charge < -0.3 is 19.9 Å². The van der Waals surface area contributed by atoms with Crippen LogP contribution in [0, 0.1) is 0 Å². The van der Waals surface area contributed by atoms with Gasteiger partial charge in [0.05, 0.1) is 5.56 Å². The average Bonchev–Trinajstić information content (AvgIpc) is 2.90. The molecule has 0 saturated heterocycles. The van der Waals surface area contributed by atoms with Crippen LogP contribution in [0.1, 0.15) is 72.3 Å². The minimum atomic E-state index is -1.93. The number of benzene rings is 2. The molecule has 0 aliphatic carbocycles. The Bertz CT molecular complexity index is 1260. The van der Waals surface area contributed by atoms with E-state index < -0.39 is 40.1 Å². The van der Waals surface area contributed by atoms with Gasteiger partial charge in [0.15, 0.2) is 28.2 Å². The summed E-state index contributed by atoms with van der Waals surface area (Å²) in [6.07, 6.45) is 1.82. The van der Waals surface area contributed by atoms with Crippen LogP contribution in [0.5, 0.6) is 0 Å². The van der Waals surface area contributed by atoms with E-state index in [1.807, 2.05) is 7.05 Å². The summed E-state index contributed by atoms with van der Waals surface area (Å²) < 4.78 is 6.64. The summed E-state index contributed by atoms with van der Waals surface area (Å²) in [4.78, 5) is 54.1. The van der Waals surface area contributed by atoms with Crippen molar-refractivity contribution in [3.05, 3.63) is 69.8 Å². The maximum atomic E-state index is 13.2. The first-order valence-electron chi connectivity index (χ1n) is 13.7. The maximum absolute atomic E-state index is 13.2. The minimum absolute atomic E-state index is 0.0777. The molecule has 1 amide bonds. The highest BCUT2D eigenvalue weighted by atomic mass is 28.4. The fraction of sp³-hybridized carbons (Fsp3) is 0.448. The van der Waals surface area contributed by atoms with E-state index in [4.69, 9.17) is 9.37 Å². The Labute approximate surface area is 243 Å². The summed E-state index contributed by atoms with van der Waals surface area (Å²) in [7, 11) is -1.75. The van der Waals surface area contributed by atoms with Crippen molar-refractivity contribution in [3.8, 4) is 0 Å². The number of Topliss-reactive ketones (excluding diaryl/α,β-unsaturated/α-hetero) is 1. The molecule has 0 saturated carbocycles. The number of carbonyl (C=O) groups is 4. The SMILES string of the molecule is CNCCC[Si](C)(C)O[Si](C)(C)CCCNC(=O)c1cc(C(=O)c2ccc(C(=O)O)c(C(C)=O)c2)ccc1COO. The lowest BCUT2D eigenvalue weighted by Crippen LogP contribution is -2.44. The third-order valence-corrected chi connectivity index (χ3v) is 14.3. The van der Waals surface area contributed by atoms with Gasteiger partial charge in [0.25, 0.3) is 5.91 Å². The minimum Gasteiger partial charge on any atom is -0.478 e. The van der Waals surface area contributed by atoms with Crippen LogP contribution in [0.25, 0.3) is 0 Å². The lowest BCUT2D eigenvalue weighted by molar-refractivity contribution is -0.253. The monoisotopic (exact) mass is 602 g/mol. The van der Waals surface area contributed by atoms with Crippen molar-refractivity contribution in [1.82, 2.24) is 10.6 Å². The summed E-state index contributed by atoms with van der Waals surface area (Å²) in [5.41, 5.74) is 0.570. The predicted molar refractivity (Wildman–Crippen MR) is 162 cm³/mol. The van der Waals surface area contributed by atoms with Gasteiger partial charge in [-0.3, -0.25) is 19.6 Å².